The van der Waals surface area contributed by atoms with Gasteiger partial charge >= 0.3 is 0 Å². The average Bonchev–Trinajstić information content (AvgIpc) is 3.77. The minimum absolute atomic E-state index is 0.0788. The molecule has 12 aliphatic carbocycles. The van der Waals surface area contributed by atoms with Gasteiger partial charge in [-0.2, -0.15) is 0 Å². The number of epoxide rings is 1. The first kappa shape index (κ1) is 27.9. The number of rotatable bonds is 6. The van der Waals surface area contributed by atoms with Gasteiger partial charge in [-0.1, -0.05) is 20.8 Å². The van der Waals surface area contributed by atoms with Crippen LogP contribution >= 0.6 is 0 Å². The van der Waals surface area contributed by atoms with Crippen LogP contribution in [0.2, 0.25) is 0 Å². The standard InChI is InChI=1S/C43H60O2/c1-40(2,3)38-36(45-24-34-23-44-34)13-35(41-14-25-4-26(15-41)6-27(5-25)16-41)37(42-17-28-7-29(18-42)9-30(8-28)19-42)39(38)43-20-31-10-32(21-43)12-33(11-31)22-43/h13,25-34H,4-12,14-24H2,1-3H3. The summed E-state index contributed by atoms with van der Waals surface area (Å²) in [5.41, 5.74) is 8.87. The maximum Gasteiger partial charge on any atom is 0.123 e. The maximum absolute atomic E-state index is 7.14. The molecule has 1 saturated heterocycles. The van der Waals surface area contributed by atoms with E-state index in [1.807, 2.05) is 16.7 Å². The summed E-state index contributed by atoms with van der Waals surface area (Å²) < 4.78 is 12.9. The lowest BCUT2D eigenvalue weighted by Gasteiger charge is -2.64. The van der Waals surface area contributed by atoms with Crippen molar-refractivity contribution in [1.82, 2.24) is 0 Å². The van der Waals surface area contributed by atoms with Gasteiger partial charge in [0.05, 0.1) is 6.61 Å². The van der Waals surface area contributed by atoms with Gasteiger partial charge in [-0.15, -0.1) is 0 Å². The van der Waals surface area contributed by atoms with Crippen molar-refractivity contribution in [3.05, 3.63) is 28.3 Å². The minimum atomic E-state index is 0.0788. The van der Waals surface area contributed by atoms with E-state index < -0.39 is 0 Å². The van der Waals surface area contributed by atoms with Crippen LogP contribution in [-0.2, 0) is 26.4 Å². The third-order valence-electron chi connectivity index (χ3n) is 16.6. The molecule has 12 bridgehead atoms. The van der Waals surface area contributed by atoms with Gasteiger partial charge in [0.15, 0.2) is 0 Å². The molecule has 1 aromatic carbocycles. The van der Waals surface area contributed by atoms with Gasteiger partial charge in [0.1, 0.15) is 18.5 Å². The molecule has 45 heavy (non-hydrogen) atoms. The topological polar surface area (TPSA) is 21.8 Å². The average molecular weight is 609 g/mol. The predicted molar refractivity (Wildman–Crippen MR) is 180 cm³/mol. The van der Waals surface area contributed by atoms with E-state index in [4.69, 9.17) is 9.47 Å². The highest BCUT2D eigenvalue weighted by Gasteiger charge is 2.61. The summed E-state index contributed by atoms with van der Waals surface area (Å²) in [6.07, 6.45) is 27.6. The Hall–Kier alpha value is -1.02. The summed E-state index contributed by atoms with van der Waals surface area (Å²) >= 11 is 0. The van der Waals surface area contributed by atoms with Crippen molar-refractivity contribution >= 4 is 0 Å². The van der Waals surface area contributed by atoms with E-state index >= 15 is 0 Å². The van der Waals surface area contributed by atoms with Gasteiger partial charge in [-0.3, -0.25) is 0 Å². The van der Waals surface area contributed by atoms with E-state index in [0.717, 1.165) is 66.5 Å². The quantitative estimate of drug-likeness (QED) is 0.300. The Balaban J connectivity index is 1.21. The molecular formula is C43H60O2. The third-order valence-corrected chi connectivity index (χ3v) is 16.6. The summed E-state index contributed by atoms with van der Waals surface area (Å²) in [5.74, 6) is 10.1. The Kier molecular flexibility index (Phi) is 5.67. The third kappa shape index (κ3) is 4.14. The van der Waals surface area contributed by atoms with Crippen LogP contribution in [0.1, 0.15) is 159 Å². The molecule has 2 nitrogen and oxygen atoms in total. The molecule has 13 fully saturated rings. The second kappa shape index (κ2) is 9.15. The van der Waals surface area contributed by atoms with Crippen LogP contribution in [0.5, 0.6) is 5.75 Å². The molecule has 1 atom stereocenters. The van der Waals surface area contributed by atoms with Crippen LogP contribution in [0.4, 0.5) is 0 Å². The molecule has 0 aromatic heterocycles. The normalized spacial score (nSPS) is 51.4. The van der Waals surface area contributed by atoms with Gasteiger partial charge in [-0.05, 0) is 213 Å². The molecule has 14 rings (SSSR count). The lowest BCUT2D eigenvalue weighted by atomic mass is 9.41. The first-order valence-corrected chi connectivity index (χ1v) is 20.1. The van der Waals surface area contributed by atoms with Gasteiger partial charge < -0.3 is 9.47 Å². The molecule has 2 heteroatoms. The number of ether oxygens (including phenoxy) is 2. The van der Waals surface area contributed by atoms with E-state index in [9.17, 15) is 0 Å². The largest absolute Gasteiger partial charge is 0.490 e. The number of hydrogen-bond acceptors (Lipinski definition) is 2. The maximum atomic E-state index is 7.14. The first-order chi connectivity index (χ1) is 21.6. The van der Waals surface area contributed by atoms with Gasteiger partial charge in [0, 0.05) is 5.56 Å². The highest BCUT2D eigenvalue weighted by molar-refractivity contribution is 5.62. The van der Waals surface area contributed by atoms with Gasteiger partial charge in [0.2, 0.25) is 0 Å². The van der Waals surface area contributed by atoms with Crippen LogP contribution in [0, 0.1) is 53.3 Å². The van der Waals surface area contributed by atoms with E-state index in [0.29, 0.717) is 22.3 Å². The fourth-order valence-electron chi connectivity index (χ4n) is 16.6. The van der Waals surface area contributed by atoms with Crippen molar-refractivity contribution in [1.29, 1.82) is 0 Å². The summed E-state index contributed by atoms with van der Waals surface area (Å²) in [6, 6.07) is 2.80. The first-order valence-electron chi connectivity index (χ1n) is 20.1. The molecule has 1 aromatic rings. The van der Waals surface area contributed by atoms with Crippen LogP contribution in [-0.4, -0.2) is 19.3 Å². The van der Waals surface area contributed by atoms with Gasteiger partial charge in [-0.25, -0.2) is 0 Å². The van der Waals surface area contributed by atoms with Crippen LogP contribution < -0.4 is 4.74 Å². The highest BCUT2D eigenvalue weighted by atomic mass is 16.6. The van der Waals surface area contributed by atoms with Crippen LogP contribution in [0.25, 0.3) is 0 Å². The van der Waals surface area contributed by atoms with Crippen LogP contribution in [0.15, 0.2) is 6.07 Å². The molecule has 1 aliphatic heterocycles. The molecule has 0 N–H and O–H groups in total. The van der Waals surface area contributed by atoms with E-state index in [2.05, 4.69) is 26.8 Å². The summed E-state index contributed by atoms with van der Waals surface area (Å²) in [7, 11) is 0. The molecule has 244 valence electrons. The molecule has 0 spiro atoms. The van der Waals surface area contributed by atoms with Crippen molar-refractivity contribution in [2.24, 2.45) is 53.3 Å². The zero-order valence-electron chi connectivity index (χ0n) is 28.8. The van der Waals surface area contributed by atoms with Crippen LogP contribution in [0.3, 0.4) is 0 Å². The van der Waals surface area contributed by atoms with Crippen molar-refractivity contribution in [2.45, 2.75) is 164 Å². The summed E-state index contributed by atoms with van der Waals surface area (Å²) in [6.45, 7) is 9.31. The molecule has 0 amide bonds. The molecule has 12 saturated carbocycles. The van der Waals surface area contributed by atoms with Crippen molar-refractivity contribution in [3.63, 3.8) is 0 Å². The predicted octanol–water partition coefficient (Wildman–Crippen LogP) is 10.2. The second-order valence-corrected chi connectivity index (χ2v) is 21.2. The summed E-state index contributed by atoms with van der Waals surface area (Å²) in [4.78, 5) is 0. The SMILES string of the molecule is CC(C)(C)c1c(OCC2CO2)cc(C23CC4CC(CC(C4)C2)C3)c(C23CC4CC(CC(C4)C2)C3)c1C12CC3CC(CC(C3)C1)C2. The smallest absolute Gasteiger partial charge is 0.123 e. The molecule has 1 heterocycles. The highest BCUT2D eigenvalue weighted by Crippen LogP contribution is 2.70. The van der Waals surface area contributed by atoms with E-state index in [1.165, 1.54) is 102 Å². The Bertz CT molecular complexity index is 1300. The monoisotopic (exact) mass is 608 g/mol. The number of hydrogen-bond donors (Lipinski definition) is 0. The summed E-state index contributed by atoms with van der Waals surface area (Å²) in [5, 5.41) is 0. The lowest BCUT2D eigenvalue weighted by Crippen LogP contribution is -2.55. The minimum Gasteiger partial charge on any atom is -0.490 e. The zero-order valence-corrected chi connectivity index (χ0v) is 28.8. The zero-order chi connectivity index (χ0) is 29.9. The Morgan fingerprint density at radius 3 is 1.29 bits per heavy atom. The molecule has 13 aliphatic rings. The fraction of sp³-hybridized carbons (Fsp3) is 0.860. The molecule has 1 unspecified atom stereocenters. The molecule has 0 radical (unpaired) electrons. The second-order valence-electron chi connectivity index (χ2n) is 21.2. The van der Waals surface area contributed by atoms with E-state index in [1.54, 1.807) is 24.8 Å². The fourth-order valence-corrected chi connectivity index (χ4v) is 16.6. The van der Waals surface area contributed by atoms with Crippen molar-refractivity contribution < 1.29 is 9.47 Å². The van der Waals surface area contributed by atoms with Crippen molar-refractivity contribution in [2.75, 3.05) is 13.2 Å². The number of benzene rings is 1. The lowest BCUT2D eigenvalue weighted by molar-refractivity contribution is -0.0250. The molecular weight excluding hydrogens is 548 g/mol. The van der Waals surface area contributed by atoms with E-state index in [-0.39, 0.29) is 5.41 Å². The Labute approximate surface area is 273 Å². The van der Waals surface area contributed by atoms with Gasteiger partial charge in [0.25, 0.3) is 0 Å². The Morgan fingerprint density at radius 2 is 0.933 bits per heavy atom. The van der Waals surface area contributed by atoms with Crippen molar-refractivity contribution in [3.8, 4) is 5.75 Å². The Morgan fingerprint density at radius 1 is 0.578 bits per heavy atom.